The number of nitrogens with one attached hydrogen (secondary N) is 1. The molecule has 108 valence electrons. The molecule has 0 radical (unpaired) electrons. The number of anilines is 1. The molecule has 0 aliphatic heterocycles. The van der Waals surface area contributed by atoms with Crippen LogP contribution in [0.4, 0.5) is 5.69 Å². The molecule has 1 aromatic carbocycles. The molecule has 0 fully saturated rings. The Morgan fingerprint density at radius 2 is 1.85 bits per heavy atom. The van der Waals surface area contributed by atoms with Gasteiger partial charge in [-0.3, -0.25) is 4.72 Å². The van der Waals surface area contributed by atoms with E-state index in [1.54, 1.807) is 19.1 Å². The molecule has 1 aromatic heterocycles. The lowest BCUT2D eigenvalue weighted by atomic mass is 10.1. The molecule has 3 N–H and O–H groups in total. The van der Waals surface area contributed by atoms with Gasteiger partial charge in [0.1, 0.15) is 16.4 Å². The van der Waals surface area contributed by atoms with Crippen molar-refractivity contribution in [3.63, 3.8) is 0 Å². The Kier molecular flexibility index (Phi) is 3.87. The van der Waals surface area contributed by atoms with Crippen LogP contribution in [0.2, 0.25) is 0 Å². The Morgan fingerprint density at radius 1 is 1.15 bits per heavy atom. The van der Waals surface area contributed by atoms with Crippen LogP contribution in [0.5, 0.6) is 0 Å². The number of nitrogens with two attached hydrogens (primary N) is 1. The Labute approximate surface area is 118 Å². The average Bonchev–Trinajstić information content (AvgIpc) is 2.76. The largest absolute Gasteiger partial charge is 0.464 e. The van der Waals surface area contributed by atoms with Gasteiger partial charge >= 0.3 is 0 Å². The van der Waals surface area contributed by atoms with Crippen LogP contribution in [0.1, 0.15) is 22.6 Å². The molecule has 0 spiro atoms. The fourth-order valence-corrected chi connectivity index (χ4v) is 3.16. The van der Waals surface area contributed by atoms with Crippen LogP contribution in [0, 0.1) is 20.8 Å². The van der Waals surface area contributed by atoms with Gasteiger partial charge in [0, 0.05) is 11.8 Å². The summed E-state index contributed by atoms with van der Waals surface area (Å²) in [5, 5.41) is 0. The van der Waals surface area contributed by atoms with Crippen molar-refractivity contribution in [3.8, 4) is 0 Å². The summed E-state index contributed by atoms with van der Waals surface area (Å²) in [7, 11) is -3.66. The van der Waals surface area contributed by atoms with E-state index in [0.29, 0.717) is 17.2 Å². The summed E-state index contributed by atoms with van der Waals surface area (Å²) in [6.45, 7) is 5.68. The van der Waals surface area contributed by atoms with Gasteiger partial charge in [0.25, 0.3) is 10.0 Å². The standard InChI is InChI=1S/C14H18N2O3S/c1-9-4-5-12(6-10(9)2)16-20(17,18)14-7-13(8-15)19-11(14)3/h4-7,16H,8,15H2,1-3H3. The molecule has 0 atom stereocenters. The van der Waals surface area contributed by atoms with Crippen molar-refractivity contribution >= 4 is 15.7 Å². The van der Waals surface area contributed by atoms with E-state index in [4.69, 9.17) is 10.2 Å². The lowest BCUT2D eigenvalue weighted by Crippen LogP contribution is -2.13. The van der Waals surface area contributed by atoms with Crippen molar-refractivity contribution in [1.82, 2.24) is 0 Å². The SMILES string of the molecule is Cc1ccc(NS(=O)(=O)c2cc(CN)oc2C)cc1C. The second-order valence-electron chi connectivity index (χ2n) is 4.74. The Morgan fingerprint density at radius 3 is 2.40 bits per heavy atom. The normalized spacial score (nSPS) is 11.6. The van der Waals surface area contributed by atoms with Gasteiger partial charge in [-0.25, -0.2) is 8.42 Å². The number of rotatable bonds is 4. The van der Waals surface area contributed by atoms with Gasteiger partial charge < -0.3 is 10.2 Å². The van der Waals surface area contributed by atoms with Gasteiger partial charge in [-0.05, 0) is 44.0 Å². The molecule has 0 amide bonds. The number of sulfonamides is 1. The fraction of sp³-hybridized carbons (Fsp3) is 0.286. The van der Waals surface area contributed by atoms with Gasteiger partial charge in [0.2, 0.25) is 0 Å². The summed E-state index contributed by atoms with van der Waals surface area (Å²) in [4.78, 5) is 0.121. The maximum atomic E-state index is 12.3. The lowest BCUT2D eigenvalue weighted by Gasteiger charge is -2.09. The Hall–Kier alpha value is -1.79. The number of hydrogen-bond donors (Lipinski definition) is 2. The number of furan rings is 1. The molecule has 6 heteroatoms. The third-order valence-electron chi connectivity index (χ3n) is 3.17. The zero-order valence-corrected chi connectivity index (χ0v) is 12.5. The number of benzene rings is 1. The van der Waals surface area contributed by atoms with Crippen molar-refractivity contribution < 1.29 is 12.8 Å². The zero-order chi connectivity index (χ0) is 14.9. The quantitative estimate of drug-likeness (QED) is 0.907. The fourth-order valence-electron chi connectivity index (χ4n) is 1.91. The van der Waals surface area contributed by atoms with Crippen molar-refractivity contribution in [2.24, 2.45) is 5.73 Å². The minimum absolute atomic E-state index is 0.121. The number of aryl methyl sites for hydroxylation is 3. The highest BCUT2D eigenvalue weighted by atomic mass is 32.2. The first-order valence-corrected chi connectivity index (χ1v) is 7.71. The van der Waals surface area contributed by atoms with E-state index in [9.17, 15) is 8.42 Å². The summed E-state index contributed by atoms with van der Waals surface area (Å²) in [6, 6.07) is 6.87. The van der Waals surface area contributed by atoms with Gasteiger partial charge in [-0.15, -0.1) is 0 Å². The second-order valence-corrected chi connectivity index (χ2v) is 6.39. The van der Waals surface area contributed by atoms with Crippen molar-refractivity contribution in [2.75, 3.05) is 4.72 Å². The van der Waals surface area contributed by atoms with E-state index in [1.807, 2.05) is 19.9 Å². The molecule has 0 saturated carbocycles. The third kappa shape index (κ3) is 2.86. The Bertz CT molecular complexity index is 733. The molecule has 5 nitrogen and oxygen atoms in total. The monoisotopic (exact) mass is 294 g/mol. The van der Waals surface area contributed by atoms with Gasteiger partial charge in [0.05, 0.1) is 6.54 Å². The van der Waals surface area contributed by atoms with Crippen molar-refractivity contribution in [3.05, 3.63) is 46.9 Å². The molecule has 2 rings (SSSR count). The first kappa shape index (κ1) is 14.6. The third-order valence-corrected chi connectivity index (χ3v) is 4.66. The van der Waals surface area contributed by atoms with Gasteiger partial charge in [0.15, 0.2) is 0 Å². The van der Waals surface area contributed by atoms with E-state index in [1.165, 1.54) is 6.07 Å². The minimum Gasteiger partial charge on any atom is -0.464 e. The van der Waals surface area contributed by atoms with Crippen LogP contribution in [-0.4, -0.2) is 8.42 Å². The smallest absolute Gasteiger partial charge is 0.265 e. The summed E-state index contributed by atoms with van der Waals surface area (Å²) in [5.74, 6) is 0.782. The van der Waals surface area contributed by atoms with Crippen LogP contribution in [0.3, 0.4) is 0 Å². The van der Waals surface area contributed by atoms with Crippen LogP contribution < -0.4 is 10.5 Å². The first-order valence-electron chi connectivity index (χ1n) is 6.23. The summed E-state index contributed by atoms with van der Waals surface area (Å²) >= 11 is 0. The molecule has 0 aliphatic carbocycles. The lowest BCUT2D eigenvalue weighted by molar-refractivity contribution is 0.479. The van der Waals surface area contributed by atoms with Crippen LogP contribution >= 0.6 is 0 Å². The highest BCUT2D eigenvalue weighted by Crippen LogP contribution is 2.23. The molecule has 1 heterocycles. The molecule has 20 heavy (non-hydrogen) atoms. The van der Waals surface area contributed by atoms with Crippen molar-refractivity contribution in [1.29, 1.82) is 0 Å². The highest BCUT2D eigenvalue weighted by molar-refractivity contribution is 7.92. The average molecular weight is 294 g/mol. The molecule has 0 unspecified atom stereocenters. The van der Waals surface area contributed by atoms with E-state index in [0.717, 1.165) is 11.1 Å². The van der Waals surface area contributed by atoms with Crippen LogP contribution in [-0.2, 0) is 16.6 Å². The second kappa shape index (κ2) is 5.30. The first-order chi connectivity index (χ1) is 9.33. The van der Waals surface area contributed by atoms with Gasteiger partial charge in [-0.2, -0.15) is 0 Å². The molecular formula is C14H18N2O3S. The predicted octanol–water partition coefficient (Wildman–Crippen LogP) is 2.46. The zero-order valence-electron chi connectivity index (χ0n) is 11.7. The Balaban J connectivity index is 2.35. The topological polar surface area (TPSA) is 85.3 Å². The molecule has 0 aliphatic rings. The minimum atomic E-state index is -3.66. The van der Waals surface area contributed by atoms with Crippen molar-refractivity contribution in [2.45, 2.75) is 32.2 Å². The molecule has 2 aromatic rings. The predicted molar refractivity (Wildman–Crippen MR) is 78.1 cm³/mol. The van der Waals surface area contributed by atoms with E-state index < -0.39 is 10.0 Å². The van der Waals surface area contributed by atoms with E-state index in [-0.39, 0.29) is 11.4 Å². The summed E-state index contributed by atoms with van der Waals surface area (Å²) < 4.78 is 32.5. The van der Waals surface area contributed by atoms with Crippen LogP contribution in [0.15, 0.2) is 33.6 Å². The van der Waals surface area contributed by atoms with E-state index in [2.05, 4.69) is 4.72 Å². The summed E-state index contributed by atoms with van der Waals surface area (Å²) in [6.07, 6.45) is 0. The molecule has 0 bridgehead atoms. The maximum Gasteiger partial charge on any atom is 0.265 e. The van der Waals surface area contributed by atoms with Gasteiger partial charge in [-0.1, -0.05) is 6.07 Å². The summed E-state index contributed by atoms with van der Waals surface area (Å²) in [5.41, 5.74) is 8.12. The van der Waals surface area contributed by atoms with E-state index >= 15 is 0 Å². The number of hydrogen-bond acceptors (Lipinski definition) is 4. The highest BCUT2D eigenvalue weighted by Gasteiger charge is 2.21. The molecule has 0 saturated heterocycles. The molecular weight excluding hydrogens is 276 g/mol. The van der Waals surface area contributed by atoms with Crippen LogP contribution in [0.25, 0.3) is 0 Å². The maximum absolute atomic E-state index is 12.3.